The molecule has 4 nitrogen and oxygen atoms in total. The number of ether oxygens (including phenoxy) is 1. The van der Waals surface area contributed by atoms with Gasteiger partial charge in [-0.15, -0.1) is 0 Å². The highest BCUT2D eigenvalue weighted by Gasteiger charge is 2.41. The molecule has 0 N–H and O–H groups in total. The molecule has 0 aliphatic carbocycles. The van der Waals surface area contributed by atoms with Gasteiger partial charge in [-0.2, -0.15) is 18.3 Å². The number of hydrogen-bond donors (Lipinski definition) is 0. The van der Waals surface area contributed by atoms with E-state index in [1.807, 2.05) is 0 Å². The van der Waals surface area contributed by atoms with Crippen molar-refractivity contribution in [3.63, 3.8) is 0 Å². The Kier molecular flexibility index (Phi) is 4.36. The Labute approximate surface area is 126 Å². The van der Waals surface area contributed by atoms with E-state index in [-0.39, 0.29) is 12.3 Å². The third-order valence-electron chi connectivity index (χ3n) is 2.61. The maximum Gasteiger partial charge on any atom is 0.434 e. The molecule has 1 aromatic heterocycles. The lowest BCUT2D eigenvalue weighted by atomic mass is 10.2. The van der Waals surface area contributed by atoms with Gasteiger partial charge in [-0.3, -0.25) is 0 Å². The average Bonchev–Trinajstić information content (AvgIpc) is 2.84. The number of nitrogens with zero attached hydrogens (tertiary/aromatic N) is 2. The van der Waals surface area contributed by atoms with Crippen LogP contribution in [0.25, 0.3) is 5.69 Å². The molecule has 0 bridgehead atoms. The predicted octanol–water partition coefficient (Wildman–Crippen LogP) is 3.83. The van der Waals surface area contributed by atoms with Gasteiger partial charge < -0.3 is 4.74 Å². The van der Waals surface area contributed by atoms with E-state index >= 15 is 0 Å². The molecule has 0 atom stereocenters. The van der Waals surface area contributed by atoms with Crippen LogP contribution in [-0.2, 0) is 10.9 Å². The first-order valence-electron chi connectivity index (χ1n) is 5.93. The third kappa shape index (κ3) is 3.10. The summed E-state index contributed by atoms with van der Waals surface area (Å²) in [5, 5.41) is 3.68. The van der Waals surface area contributed by atoms with Crippen molar-refractivity contribution in [3.05, 3.63) is 46.2 Å². The van der Waals surface area contributed by atoms with Gasteiger partial charge in [0, 0.05) is 4.47 Å². The van der Waals surface area contributed by atoms with E-state index in [2.05, 4.69) is 25.8 Å². The summed E-state index contributed by atoms with van der Waals surface area (Å²) in [7, 11) is 0. The molecular weight excluding hydrogens is 353 g/mol. The van der Waals surface area contributed by atoms with E-state index in [0.29, 0.717) is 9.15 Å². The number of hydrogen-bond acceptors (Lipinski definition) is 3. The van der Waals surface area contributed by atoms with E-state index in [9.17, 15) is 18.0 Å². The molecule has 8 heteroatoms. The zero-order valence-corrected chi connectivity index (χ0v) is 12.4. The normalized spacial score (nSPS) is 11.5. The molecule has 2 aromatic rings. The van der Waals surface area contributed by atoms with Crippen LogP contribution >= 0.6 is 15.9 Å². The number of aromatic nitrogens is 2. The van der Waals surface area contributed by atoms with Crippen LogP contribution in [0.2, 0.25) is 0 Å². The minimum Gasteiger partial charge on any atom is -0.462 e. The number of carbonyl (C=O) groups is 1. The van der Waals surface area contributed by atoms with Crippen molar-refractivity contribution in [2.24, 2.45) is 0 Å². The van der Waals surface area contributed by atoms with Gasteiger partial charge >= 0.3 is 12.1 Å². The number of carbonyl (C=O) groups excluding carboxylic acids is 1. The molecule has 112 valence electrons. The van der Waals surface area contributed by atoms with E-state index in [4.69, 9.17) is 0 Å². The van der Waals surface area contributed by atoms with Gasteiger partial charge in [0.1, 0.15) is 5.56 Å². The summed E-state index contributed by atoms with van der Waals surface area (Å²) in [6.45, 7) is 1.50. The fourth-order valence-corrected chi connectivity index (χ4v) is 2.24. The SMILES string of the molecule is CCOC(=O)c1cnn(-c2ccccc2Br)c1C(F)(F)F. The third-order valence-corrected chi connectivity index (χ3v) is 3.28. The molecular formula is C13H10BrF3N2O2. The van der Waals surface area contributed by atoms with Gasteiger partial charge in [-0.1, -0.05) is 12.1 Å². The van der Waals surface area contributed by atoms with Crippen molar-refractivity contribution in [2.45, 2.75) is 13.1 Å². The van der Waals surface area contributed by atoms with Gasteiger partial charge in [0.05, 0.1) is 18.5 Å². The highest BCUT2D eigenvalue weighted by Crippen LogP contribution is 2.35. The lowest BCUT2D eigenvalue weighted by Crippen LogP contribution is -2.18. The standard InChI is InChI=1S/C13H10BrF3N2O2/c1-2-21-12(20)8-7-18-19(11(8)13(15,16)17)10-6-4-3-5-9(10)14/h3-7H,2H2,1H3. The van der Waals surface area contributed by atoms with Crippen LogP contribution in [-0.4, -0.2) is 22.4 Å². The molecule has 0 fully saturated rings. The first kappa shape index (κ1) is 15.6. The number of rotatable bonds is 3. The van der Waals surface area contributed by atoms with Crippen molar-refractivity contribution in [3.8, 4) is 5.69 Å². The molecule has 1 aromatic carbocycles. The van der Waals surface area contributed by atoms with E-state index < -0.39 is 23.4 Å². The maximum atomic E-state index is 13.3. The van der Waals surface area contributed by atoms with Crippen LogP contribution < -0.4 is 0 Å². The molecule has 0 spiro atoms. The summed E-state index contributed by atoms with van der Waals surface area (Å²) >= 11 is 3.17. The first-order valence-corrected chi connectivity index (χ1v) is 6.72. The largest absolute Gasteiger partial charge is 0.462 e. The zero-order chi connectivity index (χ0) is 15.6. The molecule has 0 amide bonds. The first-order chi connectivity index (χ1) is 9.86. The van der Waals surface area contributed by atoms with Crippen molar-refractivity contribution in [1.82, 2.24) is 9.78 Å². The summed E-state index contributed by atoms with van der Waals surface area (Å²) in [5.74, 6) is -1.05. The van der Waals surface area contributed by atoms with E-state index in [1.54, 1.807) is 18.2 Å². The molecule has 2 rings (SSSR count). The Bertz CT molecular complexity index is 668. The fraction of sp³-hybridized carbons (Fsp3) is 0.231. The number of halogens is 4. The Balaban J connectivity index is 2.64. The number of esters is 1. The predicted molar refractivity (Wildman–Crippen MR) is 72.2 cm³/mol. The van der Waals surface area contributed by atoms with Crippen LogP contribution in [0.4, 0.5) is 13.2 Å². The minimum atomic E-state index is -4.74. The smallest absolute Gasteiger partial charge is 0.434 e. The van der Waals surface area contributed by atoms with Crippen molar-refractivity contribution in [2.75, 3.05) is 6.61 Å². The monoisotopic (exact) mass is 362 g/mol. The van der Waals surface area contributed by atoms with E-state index in [1.165, 1.54) is 13.0 Å². The van der Waals surface area contributed by atoms with Crippen LogP contribution in [0.15, 0.2) is 34.9 Å². The van der Waals surface area contributed by atoms with Crippen LogP contribution in [0.5, 0.6) is 0 Å². The lowest BCUT2D eigenvalue weighted by Gasteiger charge is -2.13. The van der Waals surface area contributed by atoms with Gasteiger partial charge in [-0.05, 0) is 35.0 Å². The molecule has 0 aliphatic heterocycles. The zero-order valence-electron chi connectivity index (χ0n) is 10.8. The number of benzene rings is 1. The Morgan fingerprint density at radius 3 is 2.62 bits per heavy atom. The Morgan fingerprint density at radius 1 is 1.38 bits per heavy atom. The summed E-state index contributed by atoms with van der Waals surface area (Å²) < 4.78 is 45.6. The van der Waals surface area contributed by atoms with Crippen molar-refractivity contribution < 1.29 is 22.7 Å². The van der Waals surface area contributed by atoms with Gasteiger partial charge in [0.2, 0.25) is 0 Å². The molecule has 21 heavy (non-hydrogen) atoms. The summed E-state index contributed by atoms with van der Waals surface area (Å²) in [5.41, 5.74) is -1.59. The van der Waals surface area contributed by atoms with Gasteiger partial charge in [0.15, 0.2) is 5.69 Å². The highest BCUT2D eigenvalue weighted by atomic mass is 79.9. The molecule has 1 heterocycles. The number of alkyl halides is 3. The van der Waals surface area contributed by atoms with Crippen LogP contribution in [0, 0.1) is 0 Å². The summed E-state index contributed by atoms with van der Waals surface area (Å²) in [6, 6.07) is 6.28. The molecule has 0 saturated carbocycles. The molecule has 0 aliphatic rings. The lowest BCUT2D eigenvalue weighted by molar-refractivity contribution is -0.143. The van der Waals surface area contributed by atoms with Crippen molar-refractivity contribution in [1.29, 1.82) is 0 Å². The van der Waals surface area contributed by atoms with Crippen LogP contribution in [0.1, 0.15) is 23.0 Å². The second kappa shape index (κ2) is 5.88. The molecule has 0 saturated heterocycles. The minimum absolute atomic E-state index is 0.0175. The second-order valence-corrected chi connectivity index (χ2v) is 4.84. The van der Waals surface area contributed by atoms with Gasteiger partial charge in [-0.25, -0.2) is 9.48 Å². The molecule has 0 radical (unpaired) electrons. The number of para-hydroxylation sites is 1. The fourth-order valence-electron chi connectivity index (χ4n) is 1.79. The highest BCUT2D eigenvalue weighted by molar-refractivity contribution is 9.10. The average molecular weight is 363 g/mol. The molecule has 0 unspecified atom stereocenters. The maximum absolute atomic E-state index is 13.3. The Hall–Kier alpha value is -1.83. The second-order valence-electron chi connectivity index (χ2n) is 3.99. The van der Waals surface area contributed by atoms with Gasteiger partial charge in [0.25, 0.3) is 0 Å². The Morgan fingerprint density at radius 2 is 2.05 bits per heavy atom. The summed E-state index contributed by atoms with van der Waals surface area (Å²) in [6.07, 6.45) is -3.88. The van der Waals surface area contributed by atoms with E-state index in [0.717, 1.165) is 6.20 Å². The summed E-state index contributed by atoms with van der Waals surface area (Å²) in [4.78, 5) is 11.7. The quantitative estimate of drug-likeness (QED) is 0.779. The topological polar surface area (TPSA) is 44.1 Å². The van der Waals surface area contributed by atoms with Crippen LogP contribution in [0.3, 0.4) is 0 Å². The van der Waals surface area contributed by atoms with Crippen molar-refractivity contribution >= 4 is 21.9 Å².